The van der Waals surface area contributed by atoms with Crippen LogP contribution in [0.2, 0.25) is 0 Å². The molecule has 2 amide bonds. The number of hydrogen-bond acceptors (Lipinski definition) is 2. The number of carbonyl (C=O) groups excluding carboxylic acids is 2. The highest BCUT2D eigenvalue weighted by Crippen LogP contribution is 2.30. The van der Waals surface area contributed by atoms with Crippen molar-refractivity contribution in [2.75, 3.05) is 24.5 Å². The molecule has 0 unspecified atom stereocenters. The number of rotatable bonds is 2. The van der Waals surface area contributed by atoms with E-state index in [0.29, 0.717) is 6.42 Å². The van der Waals surface area contributed by atoms with Crippen LogP contribution < -0.4 is 4.90 Å². The van der Waals surface area contributed by atoms with Gasteiger partial charge in [-0.15, -0.1) is 0 Å². The molecule has 0 N–H and O–H groups in total. The molecule has 4 heteroatoms. The van der Waals surface area contributed by atoms with E-state index in [2.05, 4.69) is 0 Å². The Labute approximate surface area is 138 Å². The van der Waals surface area contributed by atoms with Crippen molar-refractivity contribution in [2.45, 2.75) is 51.9 Å². The SMILES string of the molecule is CCC(=O)N1CCc2cc(C(=O)N3CCCCCCC3)ccc21. The van der Waals surface area contributed by atoms with Gasteiger partial charge in [0.05, 0.1) is 0 Å². The quantitative estimate of drug-likeness (QED) is 0.839. The van der Waals surface area contributed by atoms with E-state index in [9.17, 15) is 9.59 Å². The summed E-state index contributed by atoms with van der Waals surface area (Å²) < 4.78 is 0. The van der Waals surface area contributed by atoms with E-state index in [1.165, 1.54) is 19.3 Å². The zero-order valence-corrected chi connectivity index (χ0v) is 14.0. The van der Waals surface area contributed by atoms with Gasteiger partial charge in [-0.3, -0.25) is 9.59 Å². The summed E-state index contributed by atoms with van der Waals surface area (Å²) in [7, 11) is 0. The van der Waals surface area contributed by atoms with E-state index in [-0.39, 0.29) is 11.8 Å². The largest absolute Gasteiger partial charge is 0.339 e. The number of anilines is 1. The van der Waals surface area contributed by atoms with Crippen molar-refractivity contribution in [1.82, 2.24) is 4.90 Å². The predicted molar refractivity (Wildman–Crippen MR) is 91.8 cm³/mol. The Bertz CT molecular complexity index is 589. The first-order valence-corrected chi connectivity index (χ1v) is 8.93. The summed E-state index contributed by atoms with van der Waals surface area (Å²) in [4.78, 5) is 28.6. The molecule has 1 saturated heterocycles. The Hall–Kier alpha value is -1.84. The summed E-state index contributed by atoms with van der Waals surface area (Å²) in [5.41, 5.74) is 2.89. The molecule has 2 aliphatic heterocycles. The second-order valence-corrected chi connectivity index (χ2v) is 6.55. The average Bonchev–Trinajstić information content (AvgIpc) is 2.96. The first-order chi connectivity index (χ1) is 11.2. The molecule has 2 heterocycles. The smallest absolute Gasteiger partial charge is 0.253 e. The summed E-state index contributed by atoms with van der Waals surface area (Å²) in [5, 5.41) is 0. The number of amides is 2. The number of nitrogens with zero attached hydrogens (tertiary/aromatic N) is 2. The van der Waals surface area contributed by atoms with Crippen molar-refractivity contribution in [1.29, 1.82) is 0 Å². The Balaban J connectivity index is 1.76. The van der Waals surface area contributed by atoms with Crippen molar-refractivity contribution < 1.29 is 9.59 Å². The molecule has 3 rings (SSSR count). The Kier molecular flexibility index (Phi) is 4.99. The lowest BCUT2D eigenvalue weighted by Gasteiger charge is -2.25. The summed E-state index contributed by atoms with van der Waals surface area (Å²) in [6.45, 7) is 4.37. The highest BCUT2D eigenvalue weighted by molar-refractivity contribution is 5.98. The van der Waals surface area contributed by atoms with Crippen LogP contribution in [0.3, 0.4) is 0 Å². The van der Waals surface area contributed by atoms with Gasteiger partial charge < -0.3 is 9.80 Å². The van der Waals surface area contributed by atoms with Crippen LogP contribution in [0.5, 0.6) is 0 Å². The van der Waals surface area contributed by atoms with Crippen molar-refractivity contribution in [3.8, 4) is 0 Å². The molecule has 1 aromatic rings. The number of hydrogen-bond donors (Lipinski definition) is 0. The Morgan fingerprint density at radius 2 is 1.70 bits per heavy atom. The van der Waals surface area contributed by atoms with Crippen LogP contribution in [0.15, 0.2) is 18.2 Å². The molecule has 0 radical (unpaired) electrons. The van der Waals surface area contributed by atoms with E-state index < -0.39 is 0 Å². The number of fused-ring (bicyclic) bond motifs is 1. The average molecular weight is 314 g/mol. The van der Waals surface area contributed by atoms with Gasteiger partial charge in [0.2, 0.25) is 5.91 Å². The maximum atomic E-state index is 12.8. The van der Waals surface area contributed by atoms with Gasteiger partial charge >= 0.3 is 0 Å². The van der Waals surface area contributed by atoms with Crippen LogP contribution in [-0.2, 0) is 11.2 Å². The van der Waals surface area contributed by atoms with Crippen LogP contribution >= 0.6 is 0 Å². The minimum Gasteiger partial charge on any atom is -0.339 e. The second-order valence-electron chi connectivity index (χ2n) is 6.55. The number of carbonyl (C=O) groups is 2. The van der Waals surface area contributed by atoms with Crippen LogP contribution in [0, 0.1) is 0 Å². The molecule has 0 aliphatic carbocycles. The monoisotopic (exact) mass is 314 g/mol. The fourth-order valence-corrected chi connectivity index (χ4v) is 3.62. The Morgan fingerprint density at radius 3 is 2.39 bits per heavy atom. The molecular formula is C19H26N2O2. The van der Waals surface area contributed by atoms with Crippen molar-refractivity contribution in [2.24, 2.45) is 0 Å². The fraction of sp³-hybridized carbons (Fsp3) is 0.579. The van der Waals surface area contributed by atoms with Crippen LogP contribution in [0.1, 0.15) is 61.4 Å². The summed E-state index contributed by atoms with van der Waals surface area (Å²) >= 11 is 0. The zero-order valence-electron chi connectivity index (χ0n) is 14.0. The lowest BCUT2D eigenvalue weighted by atomic mass is 10.0. The van der Waals surface area contributed by atoms with Gasteiger partial charge in [-0.2, -0.15) is 0 Å². The van der Waals surface area contributed by atoms with Crippen LogP contribution in [-0.4, -0.2) is 36.3 Å². The second kappa shape index (κ2) is 7.16. The maximum absolute atomic E-state index is 12.8. The molecule has 0 aromatic heterocycles. The highest BCUT2D eigenvalue weighted by Gasteiger charge is 2.25. The normalized spacial score (nSPS) is 18.3. The summed E-state index contributed by atoms with van der Waals surface area (Å²) in [5.74, 6) is 0.307. The highest BCUT2D eigenvalue weighted by atomic mass is 16.2. The van der Waals surface area contributed by atoms with E-state index in [4.69, 9.17) is 0 Å². The first kappa shape index (κ1) is 16.0. The maximum Gasteiger partial charge on any atom is 0.253 e. The molecule has 4 nitrogen and oxygen atoms in total. The molecular weight excluding hydrogens is 288 g/mol. The fourth-order valence-electron chi connectivity index (χ4n) is 3.62. The third kappa shape index (κ3) is 3.41. The molecule has 0 spiro atoms. The predicted octanol–water partition coefficient (Wildman–Crippen LogP) is 3.39. The molecule has 1 aromatic carbocycles. The van der Waals surface area contributed by atoms with E-state index >= 15 is 0 Å². The molecule has 0 atom stereocenters. The topological polar surface area (TPSA) is 40.6 Å². The lowest BCUT2D eigenvalue weighted by molar-refractivity contribution is -0.118. The van der Waals surface area contributed by atoms with Gasteiger partial charge in [0.15, 0.2) is 0 Å². The lowest BCUT2D eigenvalue weighted by Crippen LogP contribution is -2.33. The number of likely N-dealkylation sites (tertiary alicyclic amines) is 1. The van der Waals surface area contributed by atoms with E-state index in [1.807, 2.05) is 34.9 Å². The van der Waals surface area contributed by atoms with Gasteiger partial charge in [0, 0.05) is 37.3 Å². The van der Waals surface area contributed by atoms with Crippen LogP contribution in [0.25, 0.3) is 0 Å². The third-order valence-electron chi connectivity index (χ3n) is 4.97. The van der Waals surface area contributed by atoms with Gasteiger partial charge in [0.1, 0.15) is 0 Å². The minimum absolute atomic E-state index is 0.148. The van der Waals surface area contributed by atoms with Gasteiger partial charge in [0.25, 0.3) is 5.91 Å². The van der Waals surface area contributed by atoms with Gasteiger partial charge in [-0.25, -0.2) is 0 Å². The summed E-state index contributed by atoms with van der Waals surface area (Å²) in [6.07, 6.45) is 7.33. The first-order valence-electron chi connectivity index (χ1n) is 8.93. The number of benzene rings is 1. The molecule has 0 bridgehead atoms. The molecule has 2 aliphatic rings. The van der Waals surface area contributed by atoms with Crippen molar-refractivity contribution in [3.63, 3.8) is 0 Å². The Morgan fingerprint density at radius 1 is 1.00 bits per heavy atom. The van der Waals surface area contributed by atoms with E-state index in [1.54, 1.807) is 0 Å². The van der Waals surface area contributed by atoms with Crippen LogP contribution in [0.4, 0.5) is 5.69 Å². The van der Waals surface area contributed by atoms with E-state index in [0.717, 1.165) is 55.7 Å². The standard InChI is InChI=1S/C19H26N2O2/c1-2-18(22)21-13-10-15-14-16(8-9-17(15)21)19(23)20-11-6-4-3-5-7-12-20/h8-9,14H,2-7,10-13H2,1H3. The van der Waals surface area contributed by atoms with Gasteiger partial charge in [-0.05, 0) is 43.0 Å². The minimum atomic E-state index is 0.148. The molecule has 23 heavy (non-hydrogen) atoms. The van der Waals surface area contributed by atoms with Gasteiger partial charge in [-0.1, -0.05) is 26.2 Å². The molecule has 1 fully saturated rings. The zero-order chi connectivity index (χ0) is 16.2. The summed E-state index contributed by atoms with van der Waals surface area (Å²) in [6, 6.07) is 5.84. The van der Waals surface area contributed by atoms with Crippen molar-refractivity contribution >= 4 is 17.5 Å². The molecule has 0 saturated carbocycles. The molecule has 124 valence electrons. The van der Waals surface area contributed by atoms with Crippen molar-refractivity contribution in [3.05, 3.63) is 29.3 Å². The third-order valence-corrected chi connectivity index (χ3v) is 4.97.